The average Bonchev–Trinajstić information content (AvgIpc) is 3.19. The summed E-state index contributed by atoms with van der Waals surface area (Å²) in [5, 5.41) is 7.60. The molecule has 0 saturated heterocycles. The van der Waals surface area contributed by atoms with Crippen molar-refractivity contribution in [3.63, 3.8) is 0 Å². The second kappa shape index (κ2) is 9.41. The van der Waals surface area contributed by atoms with Crippen LogP contribution in [-0.2, 0) is 4.79 Å². The van der Waals surface area contributed by atoms with Gasteiger partial charge in [-0.1, -0.05) is 17.2 Å². The third-order valence-corrected chi connectivity index (χ3v) is 5.08. The zero-order valence-electron chi connectivity index (χ0n) is 17.2. The van der Waals surface area contributed by atoms with Crippen molar-refractivity contribution >= 4 is 28.3 Å². The van der Waals surface area contributed by atoms with Crippen LogP contribution in [0.5, 0.6) is 11.5 Å². The SMILES string of the molecule is COc1ccc(OC)c(-c2csc(NC(=O)CNC(=O)c3cc(C)cc(C)c3)n2)c1. The summed E-state index contributed by atoms with van der Waals surface area (Å²) < 4.78 is 10.7. The number of thiazole rings is 1. The van der Waals surface area contributed by atoms with Gasteiger partial charge < -0.3 is 20.1 Å². The van der Waals surface area contributed by atoms with Crippen LogP contribution < -0.4 is 20.1 Å². The number of methoxy groups -OCH3 is 2. The number of amides is 2. The zero-order valence-corrected chi connectivity index (χ0v) is 18.1. The highest BCUT2D eigenvalue weighted by Gasteiger charge is 2.14. The maximum absolute atomic E-state index is 12.3. The largest absolute Gasteiger partial charge is 0.497 e. The molecule has 0 radical (unpaired) electrons. The van der Waals surface area contributed by atoms with Crippen LogP contribution >= 0.6 is 11.3 Å². The van der Waals surface area contributed by atoms with Crippen molar-refractivity contribution in [2.45, 2.75) is 13.8 Å². The normalized spacial score (nSPS) is 10.4. The number of carbonyl (C=O) groups excluding carboxylic acids is 2. The molecule has 2 amide bonds. The minimum Gasteiger partial charge on any atom is -0.497 e. The summed E-state index contributed by atoms with van der Waals surface area (Å²) in [4.78, 5) is 29.0. The standard InChI is InChI=1S/C22H23N3O4S/c1-13-7-14(2)9-15(8-13)21(27)23-11-20(26)25-22-24-18(12-30-22)17-10-16(28-3)5-6-19(17)29-4/h5-10,12H,11H2,1-4H3,(H,23,27)(H,24,25,26). The van der Waals surface area contributed by atoms with E-state index in [1.54, 1.807) is 38.5 Å². The molecule has 8 heteroatoms. The number of ether oxygens (including phenoxy) is 2. The van der Waals surface area contributed by atoms with E-state index in [2.05, 4.69) is 15.6 Å². The number of carbonyl (C=O) groups is 2. The molecule has 156 valence electrons. The van der Waals surface area contributed by atoms with Gasteiger partial charge in [0, 0.05) is 16.5 Å². The molecule has 2 N–H and O–H groups in total. The van der Waals surface area contributed by atoms with Gasteiger partial charge in [-0.25, -0.2) is 4.98 Å². The lowest BCUT2D eigenvalue weighted by Crippen LogP contribution is -2.32. The number of hydrogen-bond acceptors (Lipinski definition) is 6. The van der Waals surface area contributed by atoms with E-state index >= 15 is 0 Å². The quantitative estimate of drug-likeness (QED) is 0.601. The molecule has 0 aliphatic rings. The summed E-state index contributed by atoms with van der Waals surface area (Å²) in [5.74, 6) is 0.683. The third kappa shape index (κ3) is 5.15. The summed E-state index contributed by atoms with van der Waals surface area (Å²) in [5.41, 5.74) is 3.93. The summed E-state index contributed by atoms with van der Waals surface area (Å²) in [6.07, 6.45) is 0. The first-order valence-electron chi connectivity index (χ1n) is 9.24. The van der Waals surface area contributed by atoms with Gasteiger partial charge in [0.1, 0.15) is 11.5 Å². The van der Waals surface area contributed by atoms with Crippen LogP contribution in [0.3, 0.4) is 0 Å². The number of rotatable bonds is 7. The second-order valence-electron chi connectivity index (χ2n) is 6.71. The fraction of sp³-hybridized carbons (Fsp3) is 0.227. The Morgan fingerprint density at radius 2 is 1.77 bits per heavy atom. The van der Waals surface area contributed by atoms with Crippen molar-refractivity contribution in [1.82, 2.24) is 10.3 Å². The minimum absolute atomic E-state index is 0.150. The van der Waals surface area contributed by atoms with Gasteiger partial charge in [-0.15, -0.1) is 11.3 Å². The molecule has 0 atom stereocenters. The number of hydrogen-bond donors (Lipinski definition) is 2. The third-order valence-electron chi connectivity index (χ3n) is 4.33. The monoisotopic (exact) mass is 425 g/mol. The Morgan fingerprint density at radius 3 is 2.43 bits per heavy atom. The van der Waals surface area contributed by atoms with E-state index in [1.165, 1.54) is 11.3 Å². The lowest BCUT2D eigenvalue weighted by Gasteiger charge is -2.08. The van der Waals surface area contributed by atoms with E-state index in [1.807, 2.05) is 31.4 Å². The van der Waals surface area contributed by atoms with E-state index in [9.17, 15) is 9.59 Å². The van der Waals surface area contributed by atoms with E-state index in [0.29, 0.717) is 27.9 Å². The molecular weight excluding hydrogens is 402 g/mol. The smallest absolute Gasteiger partial charge is 0.251 e. The Labute approximate surface area is 179 Å². The van der Waals surface area contributed by atoms with Crippen LogP contribution in [-0.4, -0.2) is 37.6 Å². The fourth-order valence-electron chi connectivity index (χ4n) is 3.00. The van der Waals surface area contributed by atoms with Crippen molar-refractivity contribution in [2.75, 3.05) is 26.1 Å². The fourth-order valence-corrected chi connectivity index (χ4v) is 3.73. The molecule has 7 nitrogen and oxygen atoms in total. The molecule has 0 aliphatic heterocycles. The Kier molecular flexibility index (Phi) is 6.68. The molecule has 1 aromatic heterocycles. The van der Waals surface area contributed by atoms with Crippen molar-refractivity contribution in [3.05, 3.63) is 58.5 Å². The molecule has 30 heavy (non-hydrogen) atoms. The number of aryl methyl sites for hydroxylation is 2. The van der Waals surface area contributed by atoms with Gasteiger partial charge >= 0.3 is 0 Å². The number of nitrogens with zero attached hydrogens (tertiary/aromatic N) is 1. The van der Waals surface area contributed by atoms with Gasteiger partial charge in [-0.05, 0) is 44.2 Å². The Balaban J connectivity index is 1.63. The average molecular weight is 426 g/mol. The van der Waals surface area contributed by atoms with Crippen molar-refractivity contribution in [2.24, 2.45) is 0 Å². The molecule has 0 unspecified atom stereocenters. The molecule has 3 aromatic rings. The number of benzene rings is 2. The first-order chi connectivity index (χ1) is 14.4. The van der Waals surface area contributed by atoms with E-state index < -0.39 is 0 Å². The Morgan fingerprint density at radius 1 is 1.03 bits per heavy atom. The first kappa shape index (κ1) is 21.3. The van der Waals surface area contributed by atoms with Gasteiger partial charge in [-0.3, -0.25) is 9.59 Å². The highest BCUT2D eigenvalue weighted by atomic mass is 32.1. The van der Waals surface area contributed by atoms with Crippen LogP contribution in [0.15, 0.2) is 41.8 Å². The van der Waals surface area contributed by atoms with E-state index in [0.717, 1.165) is 16.7 Å². The number of nitrogens with one attached hydrogen (secondary N) is 2. The van der Waals surface area contributed by atoms with E-state index in [4.69, 9.17) is 9.47 Å². The van der Waals surface area contributed by atoms with Crippen molar-refractivity contribution < 1.29 is 19.1 Å². The van der Waals surface area contributed by atoms with E-state index in [-0.39, 0.29) is 18.4 Å². The van der Waals surface area contributed by atoms with Crippen molar-refractivity contribution in [1.29, 1.82) is 0 Å². The second-order valence-corrected chi connectivity index (χ2v) is 7.57. The topological polar surface area (TPSA) is 89.5 Å². The number of anilines is 1. The highest BCUT2D eigenvalue weighted by Crippen LogP contribution is 2.34. The summed E-state index contributed by atoms with van der Waals surface area (Å²) in [6, 6.07) is 11.0. The predicted molar refractivity (Wildman–Crippen MR) is 118 cm³/mol. The van der Waals surface area contributed by atoms with Crippen LogP contribution in [0.2, 0.25) is 0 Å². The molecule has 3 rings (SSSR count). The van der Waals surface area contributed by atoms with Crippen LogP contribution in [0.25, 0.3) is 11.3 Å². The van der Waals surface area contributed by atoms with Crippen molar-refractivity contribution in [3.8, 4) is 22.8 Å². The summed E-state index contributed by atoms with van der Waals surface area (Å²) >= 11 is 1.29. The molecule has 0 fully saturated rings. The van der Waals surface area contributed by atoms with Crippen LogP contribution in [0, 0.1) is 13.8 Å². The predicted octanol–water partition coefficient (Wildman–Crippen LogP) is 3.81. The number of aromatic nitrogens is 1. The van der Waals surface area contributed by atoms with Gasteiger partial charge in [-0.2, -0.15) is 0 Å². The lowest BCUT2D eigenvalue weighted by molar-refractivity contribution is -0.115. The maximum Gasteiger partial charge on any atom is 0.251 e. The van der Waals surface area contributed by atoms with Gasteiger partial charge in [0.05, 0.1) is 26.5 Å². The summed E-state index contributed by atoms with van der Waals surface area (Å²) in [6.45, 7) is 3.70. The first-order valence-corrected chi connectivity index (χ1v) is 10.1. The maximum atomic E-state index is 12.3. The molecule has 2 aromatic carbocycles. The van der Waals surface area contributed by atoms with Gasteiger partial charge in [0.15, 0.2) is 5.13 Å². The Hall–Kier alpha value is -3.39. The summed E-state index contributed by atoms with van der Waals surface area (Å²) in [7, 11) is 3.17. The van der Waals surface area contributed by atoms with Crippen LogP contribution in [0.1, 0.15) is 21.5 Å². The molecule has 1 heterocycles. The Bertz CT molecular complexity index is 1060. The molecule has 0 saturated carbocycles. The highest BCUT2D eigenvalue weighted by molar-refractivity contribution is 7.14. The van der Waals surface area contributed by atoms with Gasteiger partial charge in [0.2, 0.25) is 5.91 Å². The molecular formula is C22H23N3O4S. The zero-order chi connectivity index (χ0) is 21.7. The molecule has 0 aliphatic carbocycles. The van der Waals surface area contributed by atoms with Gasteiger partial charge in [0.25, 0.3) is 5.91 Å². The molecule has 0 bridgehead atoms. The lowest BCUT2D eigenvalue weighted by atomic mass is 10.1. The minimum atomic E-state index is -0.355. The molecule has 0 spiro atoms. The van der Waals surface area contributed by atoms with Crippen LogP contribution in [0.4, 0.5) is 5.13 Å².